The number of nitrogens with zero attached hydrogens (tertiary/aromatic N) is 3. The predicted molar refractivity (Wildman–Crippen MR) is 105 cm³/mol. The Morgan fingerprint density at radius 2 is 1.96 bits per heavy atom. The molecule has 1 N–H and O–H groups in total. The molecule has 1 saturated carbocycles. The number of aromatic nitrogens is 2. The van der Waals surface area contributed by atoms with E-state index in [2.05, 4.69) is 20.8 Å². The molecule has 28 heavy (non-hydrogen) atoms. The van der Waals surface area contributed by atoms with Crippen LogP contribution in [-0.2, 0) is 17.3 Å². The highest BCUT2D eigenvalue weighted by atomic mass is 32.2. The van der Waals surface area contributed by atoms with Crippen LogP contribution in [0.5, 0.6) is 5.88 Å². The summed E-state index contributed by atoms with van der Waals surface area (Å²) < 4.78 is 29.9. The number of benzene rings is 1. The zero-order chi connectivity index (χ0) is 19.7. The molecule has 0 saturated heterocycles. The number of nitriles is 1. The topological polar surface area (TPSA) is 105 Å². The normalized spacial score (nSPS) is 14.8. The number of ether oxygens (including phenoxy) is 1. The van der Waals surface area contributed by atoms with Crippen LogP contribution in [0.15, 0.2) is 42.7 Å². The van der Waals surface area contributed by atoms with Crippen LogP contribution in [0.3, 0.4) is 0 Å². The van der Waals surface area contributed by atoms with Gasteiger partial charge in [-0.1, -0.05) is 24.3 Å². The van der Waals surface area contributed by atoms with Gasteiger partial charge in [0.25, 0.3) is 0 Å². The van der Waals surface area contributed by atoms with Gasteiger partial charge >= 0.3 is 0 Å². The van der Waals surface area contributed by atoms with E-state index in [0.717, 1.165) is 34.9 Å². The Morgan fingerprint density at radius 1 is 1.21 bits per heavy atom. The number of methoxy groups -OCH3 is 1. The van der Waals surface area contributed by atoms with E-state index in [4.69, 9.17) is 4.74 Å². The summed E-state index contributed by atoms with van der Waals surface area (Å²) in [6, 6.07) is 11.8. The van der Waals surface area contributed by atoms with Gasteiger partial charge in [0.05, 0.1) is 24.4 Å². The SMILES string of the molecule is COc1cc2c(-c3ccc(CC4(N[SH](=O)=O)CC4)cc3)c(C#N)cnc2cn1. The Morgan fingerprint density at radius 3 is 2.57 bits per heavy atom. The first-order valence-electron chi connectivity index (χ1n) is 8.78. The van der Waals surface area contributed by atoms with E-state index in [0.29, 0.717) is 23.4 Å². The third-order valence-electron chi connectivity index (χ3n) is 5.03. The largest absolute Gasteiger partial charge is 0.481 e. The van der Waals surface area contributed by atoms with E-state index < -0.39 is 10.9 Å². The number of nitrogens with one attached hydrogen (secondary N) is 1. The van der Waals surface area contributed by atoms with E-state index in [1.54, 1.807) is 25.6 Å². The van der Waals surface area contributed by atoms with Crippen LogP contribution < -0.4 is 9.46 Å². The smallest absolute Gasteiger partial charge is 0.213 e. The monoisotopic (exact) mass is 394 g/mol. The molecule has 0 aliphatic heterocycles. The predicted octanol–water partition coefficient (Wildman–Crippen LogP) is 2.37. The van der Waals surface area contributed by atoms with Crippen molar-refractivity contribution in [3.8, 4) is 23.1 Å². The number of hydrogen-bond acceptors (Lipinski definition) is 6. The molecule has 0 amide bonds. The second-order valence-corrected chi connectivity index (χ2v) is 7.66. The summed E-state index contributed by atoms with van der Waals surface area (Å²) in [4.78, 5) is 8.49. The van der Waals surface area contributed by atoms with Crippen molar-refractivity contribution < 1.29 is 13.2 Å². The summed E-state index contributed by atoms with van der Waals surface area (Å²) >= 11 is 0. The highest BCUT2D eigenvalue weighted by molar-refractivity contribution is 7.70. The summed E-state index contributed by atoms with van der Waals surface area (Å²) in [5.41, 5.74) is 3.52. The van der Waals surface area contributed by atoms with Gasteiger partial charge < -0.3 is 4.74 Å². The molecular formula is C20H18N4O3S. The molecule has 142 valence electrons. The standard InChI is InChI=1S/C20H18N4O3S/c1-27-18-8-16-17(12-23-18)22-11-15(10-21)19(16)14-4-2-13(3-5-14)9-20(6-7-20)24-28(25)26/h2-5,8,11-12,28H,6-7,9H2,1H3,(H,24,25,26). The fourth-order valence-electron chi connectivity index (χ4n) is 3.44. The maximum atomic E-state index is 11.0. The first-order valence-corrected chi connectivity index (χ1v) is 9.96. The van der Waals surface area contributed by atoms with Gasteiger partial charge in [-0.15, -0.1) is 0 Å². The van der Waals surface area contributed by atoms with Gasteiger partial charge in [-0.25, -0.2) is 18.1 Å². The minimum absolute atomic E-state index is 0.336. The van der Waals surface area contributed by atoms with Crippen LogP contribution in [0, 0.1) is 11.3 Å². The molecule has 7 nitrogen and oxygen atoms in total. The maximum Gasteiger partial charge on any atom is 0.213 e. The Bertz CT molecular complexity index is 1150. The van der Waals surface area contributed by atoms with Crippen LogP contribution in [0.25, 0.3) is 22.0 Å². The molecular weight excluding hydrogens is 376 g/mol. The molecule has 0 bridgehead atoms. The minimum Gasteiger partial charge on any atom is -0.481 e. The van der Waals surface area contributed by atoms with Crippen molar-refractivity contribution >= 4 is 21.8 Å². The van der Waals surface area contributed by atoms with Crippen molar-refractivity contribution in [2.75, 3.05) is 7.11 Å². The Hall–Kier alpha value is -3.02. The van der Waals surface area contributed by atoms with E-state index >= 15 is 0 Å². The average Bonchev–Trinajstić information content (AvgIpc) is 3.45. The van der Waals surface area contributed by atoms with Gasteiger partial charge in [0, 0.05) is 28.8 Å². The molecule has 4 rings (SSSR count). The summed E-state index contributed by atoms with van der Waals surface area (Å²) in [5.74, 6) is 0.454. The molecule has 0 radical (unpaired) electrons. The second-order valence-electron chi connectivity index (χ2n) is 6.93. The molecule has 1 aliphatic rings. The van der Waals surface area contributed by atoms with E-state index in [9.17, 15) is 13.7 Å². The molecule has 0 unspecified atom stereocenters. The van der Waals surface area contributed by atoms with Crippen molar-refractivity contribution in [3.63, 3.8) is 0 Å². The Kier molecular flexibility index (Phi) is 4.71. The molecule has 2 aromatic heterocycles. The van der Waals surface area contributed by atoms with Gasteiger partial charge in [-0.05, 0) is 30.4 Å². The van der Waals surface area contributed by atoms with Crippen LogP contribution in [0.4, 0.5) is 0 Å². The zero-order valence-electron chi connectivity index (χ0n) is 15.2. The Labute approximate surface area is 164 Å². The zero-order valence-corrected chi connectivity index (χ0v) is 16.1. The molecule has 0 spiro atoms. The van der Waals surface area contributed by atoms with Crippen LogP contribution in [-0.4, -0.2) is 31.0 Å². The second kappa shape index (κ2) is 7.19. The molecule has 0 atom stereocenters. The molecule has 1 aliphatic carbocycles. The number of pyridine rings is 2. The van der Waals surface area contributed by atoms with E-state index in [1.807, 2.05) is 24.3 Å². The first kappa shape index (κ1) is 18.3. The van der Waals surface area contributed by atoms with E-state index in [-0.39, 0.29) is 5.54 Å². The van der Waals surface area contributed by atoms with Crippen LogP contribution in [0.2, 0.25) is 0 Å². The van der Waals surface area contributed by atoms with Crippen LogP contribution >= 0.6 is 0 Å². The maximum absolute atomic E-state index is 11.0. The number of hydrogen-bond donors (Lipinski definition) is 2. The van der Waals surface area contributed by atoms with E-state index in [1.165, 1.54) is 0 Å². The average molecular weight is 394 g/mol. The lowest BCUT2D eigenvalue weighted by Crippen LogP contribution is -2.31. The number of fused-ring (bicyclic) bond motifs is 1. The van der Waals surface area contributed by atoms with Crippen molar-refractivity contribution in [3.05, 3.63) is 53.9 Å². The van der Waals surface area contributed by atoms with Crippen molar-refractivity contribution in [1.29, 1.82) is 5.26 Å². The number of rotatable bonds is 6. The highest BCUT2D eigenvalue weighted by Gasteiger charge is 2.43. The lowest BCUT2D eigenvalue weighted by atomic mass is 9.95. The quantitative estimate of drug-likeness (QED) is 0.622. The lowest BCUT2D eigenvalue weighted by Gasteiger charge is -2.14. The fourth-order valence-corrected chi connectivity index (χ4v) is 4.13. The van der Waals surface area contributed by atoms with Crippen molar-refractivity contribution in [1.82, 2.24) is 14.7 Å². The summed E-state index contributed by atoms with van der Waals surface area (Å²) in [6.07, 6.45) is 5.51. The summed E-state index contributed by atoms with van der Waals surface area (Å²) in [5, 5.41) is 10.4. The minimum atomic E-state index is -2.61. The van der Waals surface area contributed by atoms with Crippen molar-refractivity contribution in [2.45, 2.75) is 24.8 Å². The molecule has 3 aromatic rings. The van der Waals surface area contributed by atoms with Gasteiger partial charge in [-0.2, -0.15) is 5.26 Å². The summed E-state index contributed by atoms with van der Waals surface area (Å²) in [7, 11) is -1.06. The van der Waals surface area contributed by atoms with Gasteiger partial charge in [0.15, 0.2) is 0 Å². The Balaban J connectivity index is 1.73. The highest BCUT2D eigenvalue weighted by Crippen LogP contribution is 2.39. The van der Waals surface area contributed by atoms with Gasteiger partial charge in [0.2, 0.25) is 16.8 Å². The van der Waals surface area contributed by atoms with Gasteiger partial charge in [0.1, 0.15) is 6.07 Å². The molecule has 8 heteroatoms. The molecule has 1 aromatic carbocycles. The molecule has 1 fully saturated rings. The van der Waals surface area contributed by atoms with Crippen LogP contribution in [0.1, 0.15) is 24.0 Å². The third kappa shape index (κ3) is 3.54. The lowest BCUT2D eigenvalue weighted by molar-refractivity contribution is 0.398. The molecule has 2 heterocycles. The third-order valence-corrected chi connectivity index (χ3v) is 5.68. The van der Waals surface area contributed by atoms with Crippen molar-refractivity contribution in [2.24, 2.45) is 0 Å². The fraction of sp³-hybridized carbons (Fsp3) is 0.250. The summed E-state index contributed by atoms with van der Waals surface area (Å²) in [6.45, 7) is 0. The van der Waals surface area contributed by atoms with Gasteiger partial charge in [-0.3, -0.25) is 4.98 Å². The number of thiol groups is 1. The first-order chi connectivity index (χ1) is 13.5.